The number of rotatable bonds is 5. The van der Waals surface area contributed by atoms with Gasteiger partial charge in [0, 0.05) is 47.1 Å². The maximum absolute atomic E-state index is 12.3. The Bertz CT molecular complexity index is 757. The van der Waals surface area contributed by atoms with Crippen LogP contribution in [0.25, 0.3) is 11.5 Å². The minimum absolute atomic E-state index is 0.116. The maximum Gasteiger partial charge on any atom is 0.321 e. The van der Waals surface area contributed by atoms with Crippen LogP contribution in [0.1, 0.15) is 18.2 Å². The Morgan fingerprint density at radius 3 is 2.71 bits per heavy atom. The molecule has 2 rings (SSSR count). The van der Waals surface area contributed by atoms with Crippen LogP contribution in [0.2, 0.25) is 0 Å². The highest BCUT2D eigenvalue weighted by atomic mass is 32.2. The van der Waals surface area contributed by atoms with Gasteiger partial charge >= 0.3 is 6.03 Å². The van der Waals surface area contributed by atoms with Gasteiger partial charge in [-0.25, -0.2) is 9.78 Å². The molecule has 0 spiro atoms. The molecule has 2 amide bonds. The first-order chi connectivity index (χ1) is 11.3. The molecule has 0 radical (unpaired) electrons. The molecule has 1 aromatic carbocycles. The van der Waals surface area contributed by atoms with Gasteiger partial charge in [-0.05, 0) is 38.5 Å². The van der Waals surface area contributed by atoms with E-state index in [1.54, 1.807) is 24.5 Å². The van der Waals surface area contributed by atoms with E-state index in [-0.39, 0.29) is 12.1 Å². The second-order valence-electron chi connectivity index (χ2n) is 5.95. The first-order valence-electron chi connectivity index (χ1n) is 7.65. The van der Waals surface area contributed by atoms with Crippen LogP contribution in [0, 0.1) is 13.8 Å². The Labute approximate surface area is 144 Å². The highest BCUT2D eigenvalue weighted by Gasteiger charge is 2.17. The van der Waals surface area contributed by atoms with E-state index in [1.807, 2.05) is 39.0 Å². The number of hydrogen-bond acceptors (Lipinski definition) is 4. The van der Waals surface area contributed by atoms with E-state index in [9.17, 15) is 9.00 Å². The van der Waals surface area contributed by atoms with E-state index >= 15 is 0 Å². The third kappa shape index (κ3) is 4.44. The van der Waals surface area contributed by atoms with Crippen LogP contribution >= 0.6 is 0 Å². The van der Waals surface area contributed by atoms with Crippen molar-refractivity contribution in [3.05, 3.63) is 35.7 Å². The second kappa shape index (κ2) is 7.61. The lowest BCUT2D eigenvalue weighted by atomic mass is 10.1. The molecule has 1 N–H and O–H groups in total. The molecule has 0 unspecified atom stereocenters. The lowest BCUT2D eigenvalue weighted by Gasteiger charge is -2.24. The highest BCUT2D eigenvalue weighted by molar-refractivity contribution is 7.84. The molecule has 0 aliphatic rings. The van der Waals surface area contributed by atoms with Crippen molar-refractivity contribution in [2.24, 2.45) is 0 Å². The van der Waals surface area contributed by atoms with Crippen LogP contribution in [0.5, 0.6) is 0 Å². The van der Waals surface area contributed by atoms with E-state index in [0.29, 0.717) is 17.3 Å². The quantitative estimate of drug-likeness (QED) is 0.899. The van der Waals surface area contributed by atoms with Crippen molar-refractivity contribution in [2.45, 2.75) is 26.8 Å². The molecule has 130 valence electrons. The SMILES string of the molecule is Cc1coc(-c2cc(NC(=O)N(C)[C@H](C)C[S@](C)=O)ccc2C)n1. The molecular weight excluding hydrogens is 326 g/mol. The van der Waals surface area contributed by atoms with Crippen LogP contribution < -0.4 is 5.32 Å². The predicted octanol–water partition coefficient (Wildman–Crippen LogP) is 3.19. The van der Waals surface area contributed by atoms with Gasteiger partial charge in [0.2, 0.25) is 5.89 Å². The number of carbonyl (C=O) groups is 1. The summed E-state index contributed by atoms with van der Waals surface area (Å²) in [5.41, 5.74) is 3.32. The average molecular weight is 349 g/mol. The summed E-state index contributed by atoms with van der Waals surface area (Å²) in [5, 5.41) is 2.86. The zero-order valence-electron chi connectivity index (χ0n) is 14.6. The summed E-state index contributed by atoms with van der Waals surface area (Å²) in [6.07, 6.45) is 3.23. The first kappa shape index (κ1) is 18.2. The number of carbonyl (C=O) groups excluding carboxylic acids is 1. The zero-order chi connectivity index (χ0) is 17.9. The van der Waals surface area contributed by atoms with Crippen LogP contribution in [-0.2, 0) is 10.8 Å². The molecule has 0 saturated heterocycles. The Morgan fingerprint density at radius 1 is 1.42 bits per heavy atom. The summed E-state index contributed by atoms with van der Waals surface area (Å²) >= 11 is 0. The van der Waals surface area contributed by atoms with Gasteiger partial charge in [0.1, 0.15) is 6.26 Å². The Balaban J connectivity index is 2.15. The van der Waals surface area contributed by atoms with Crippen molar-refractivity contribution in [3.63, 3.8) is 0 Å². The molecule has 0 fully saturated rings. The van der Waals surface area contributed by atoms with Crippen LogP contribution in [-0.4, -0.2) is 45.2 Å². The van der Waals surface area contributed by atoms with E-state index in [2.05, 4.69) is 10.3 Å². The van der Waals surface area contributed by atoms with E-state index in [4.69, 9.17) is 4.42 Å². The number of amides is 2. The summed E-state index contributed by atoms with van der Waals surface area (Å²) in [4.78, 5) is 18.2. The minimum atomic E-state index is -0.951. The summed E-state index contributed by atoms with van der Waals surface area (Å²) in [6, 6.07) is 5.23. The molecule has 0 saturated carbocycles. The zero-order valence-corrected chi connectivity index (χ0v) is 15.4. The van der Waals surface area contributed by atoms with E-state index < -0.39 is 10.8 Å². The van der Waals surface area contributed by atoms with Gasteiger partial charge in [0.05, 0.1) is 5.69 Å². The average Bonchev–Trinajstić information content (AvgIpc) is 2.94. The van der Waals surface area contributed by atoms with Crippen molar-refractivity contribution in [1.29, 1.82) is 0 Å². The normalized spacial score (nSPS) is 13.4. The molecule has 1 aromatic heterocycles. The molecule has 24 heavy (non-hydrogen) atoms. The number of aryl methyl sites for hydroxylation is 2. The first-order valence-corrected chi connectivity index (χ1v) is 9.37. The van der Waals surface area contributed by atoms with Crippen molar-refractivity contribution in [3.8, 4) is 11.5 Å². The Hall–Kier alpha value is -2.15. The van der Waals surface area contributed by atoms with Gasteiger partial charge in [-0.1, -0.05) is 6.07 Å². The fourth-order valence-electron chi connectivity index (χ4n) is 2.27. The fourth-order valence-corrected chi connectivity index (χ4v) is 3.17. The summed E-state index contributed by atoms with van der Waals surface area (Å²) in [5.74, 6) is 0.975. The van der Waals surface area contributed by atoms with Gasteiger partial charge < -0.3 is 14.6 Å². The molecule has 0 aliphatic carbocycles. The van der Waals surface area contributed by atoms with Crippen molar-refractivity contribution in [2.75, 3.05) is 24.4 Å². The largest absolute Gasteiger partial charge is 0.444 e. The lowest BCUT2D eigenvalue weighted by molar-refractivity contribution is 0.212. The van der Waals surface area contributed by atoms with Crippen molar-refractivity contribution >= 4 is 22.5 Å². The predicted molar refractivity (Wildman–Crippen MR) is 96.6 cm³/mol. The number of aromatic nitrogens is 1. The van der Waals surface area contributed by atoms with Crippen LogP contribution in [0.15, 0.2) is 28.9 Å². The number of anilines is 1. The third-order valence-corrected chi connectivity index (χ3v) is 4.75. The number of benzene rings is 1. The minimum Gasteiger partial charge on any atom is -0.444 e. The van der Waals surface area contributed by atoms with Gasteiger partial charge in [-0.3, -0.25) is 4.21 Å². The number of nitrogens with zero attached hydrogens (tertiary/aromatic N) is 2. The number of nitrogens with one attached hydrogen (secondary N) is 1. The molecule has 0 bridgehead atoms. The van der Waals surface area contributed by atoms with Crippen LogP contribution in [0.4, 0.5) is 10.5 Å². The molecule has 0 aliphatic heterocycles. The summed E-state index contributed by atoms with van der Waals surface area (Å²) < 4.78 is 16.8. The molecule has 2 aromatic rings. The van der Waals surface area contributed by atoms with E-state index in [0.717, 1.165) is 16.8 Å². The van der Waals surface area contributed by atoms with Crippen LogP contribution in [0.3, 0.4) is 0 Å². The fraction of sp³-hybridized carbons (Fsp3) is 0.412. The molecular formula is C17H23N3O3S. The van der Waals surface area contributed by atoms with E-state index in [1.165, 1.54) is 0 Å². The van der Waals surface area contributed by atoms with Crippen molar-refractivity contribution < 1.29 is 13.4 Å². The molecule has 7 heteroatoms. The summed E-state index contributed by atoms with van der Waals surface area (Å²) in [7, 11) is 0.743. The van der Waals surface area contributed by atoms with Gasteiger partial charge in [-0.2, -0.15) is 0 Å². The number of oxazole rings is 1. The standard InChI is InChI=1S/C17H23N3O3S/c1-11-6-7-14(8-15(11)16-18-12(2)9-23-16)19-17(21)20(4)13(3)10-24(5)22/h6-9,13H,10H2,1-5H3,(H,19,21)/t13-,24+/m1/s1. The molecule has 2 atom stereocenters. The molecule has 1 heterocycles. The Kier molecular flexibility index (Phi) is 5.77. The monoisotopic (exact) mass is 349 g/mol. The third-order valence-electron chi connectivity index (χ3n) is 3.80. The number of urea groups is 1. The highest BCUT2D eigenvalue weighted by Crippen LogP contribution is 2.26. The van der Waals surface area contributed by atoms with Gasteiger partial charge in [0.15, 0.2) is 0 Å². The lowest BCUT2D eigenvalue weighted by Crippen LogP contribution is -2.40. The Morgan fingerprint density at radius 2 is 2.12 bits per heavy atom. The smallest absolute Gasteiger partial charge is 0.321 e. The number of hydrogen-bond donors (Lipinski definition) is 1. The topological polar surface area (TPSA) is 75.4 Å². The van der Waals surface area contributed by atoms with Gasteiger partial charge in [-0.15, -0.1) is 0 Å². The summed E-state index contributed by atoms with van der Waals surface area (Å²) in [6.45, 7) is 5.70. The second-order valence-corrected chi connectivity index (χ2v) is 7.43. The maximum atomic E-state index is 12.3. The van der Waals surface area contributed by atoms with Crippen molar-refractivity contribution in [1.82, 2.24) is 9.88 Å². The van der Waals surface area contributed by atoms with Gasteiger partial charge in [0.25, 0.3) is 0 Å². The molecule has 6 nitrogen and oxygen atoms in total.